The predicted molar refractivity (Wildman–Crippen MR) is 59.5 cm³/mol. The lowest BCUT2D eigenvalue weighted by molar-refractivity contribution is -0.151. The van der Waals surface area contributed by atoms with Gasteiger partial charge in [-0.1, -0.05) is 0 Å². The predicted octanol–water partition coefficient (Wildman–Crippen LogP) is -2.14. The first-order valence-corrected chi connectivity index (χ1v) is 5.32. The molecule has 7 heteroatoms. The number of hydrogen-bond donors (Lipinski definition) is 5. The molecule has 0 aliphatic heterocycles. The first-order chi connectivity index (χ1) is 7.75. The van der Waals surface area contributed by atoms with Gasteiger partial charge >= 0.3 is 5.97 Å². The minimum Gasteiger partial charge on any atom is -0.480 e. The monoisotopic (exact) mass is 251 g/mol. The van der Waals surface area contributed by atoms with Crippen LogP contribution in [0.15, 0.2) is 0 Å². The molecule has 0 bridgehead atoms. The summed E-state index contributed by atoms with van der Waals surface area (Å²) < 4.78 is 0. The molecule has 0 saturated heterocycles. The Morgan fingerprint density at radius 2 is 1.47 bits per heavy atom. The van der Waals surface area contributed by atoms with Crippen LogP contribution in [0.2, 0.25) is 0 Å². The normalized spacial score (nSPS) is 15.9. The van der Waals surface area contributed by atoms with E-state index in [4.69, 9.17) is 15.3 Å². The third-order valence-electron chi connectivity index (χ3n) is 2.60. The van der Waals surface area contributed by atoms with Crippen molar-refractivity contribution in [1.29, 1.82) is 0 Å². The van der Waals surface area contributed by atoms with Crippen LogP contribution < -0.4 is 0 Å². The van der Waals surface area contributed by atoms with Crippen molar-refractivity contribution in [2.75, 3.05) is 26.3 Å². The van der Waals surface area contributed by atoms with Crippen molar-refractivity contribution in [3.8, 4) is 0 Å². The Kier molecular flexibility index (Phi) is 6.58. The van der Waals surface area contributed by atoms with Gasteiger partial charge in [0.2, 0.25) is 0 Å². The van der Waals surface area contributed by atoms with E-state index in [-0.39, 0.29) is 13.1 Å². The van der Waals surface area contributed by atoms with E-state index in [9.17, 15) is 15.0 Å². The number of carboxylic acid groups (broad SMARTS) is 1. The summed E-state index contributed by atoms with van der Waals surface area (Å²) in [6, 6.07) is 0. The topological polar surface area (TPSA) is 121 Å². The molecule has 102 valence electrons. The van der Waals surface area contributed by atoms with E-state index >= 15 is 0 Å². The Morgan fingerprint density at radius 1 is 1.12 bits per heavy atom. The molecular weight excluding hydrogens is 230 g/mol. The molecule has 2 atom stereocenters. The first-order valence-electron chi connectivity index (χ1n) is 5.32. The lowest BCUT2D eigenvalue weighted by Gasteiger charge is -2.37. The lowest BCUT2D eigenvalue weighted by atomic mass is 10.0. The summed E-state index contributed by atoms with van der Waals surface area (Å²) in [4.78, 5) is 12.4. The SMILES string of the molecule is CC(C)(C(=O)O)N(CC(O)CO)CC(O)CO. The summed E-state index contributed by atoms with van der Waals surface area (Å²) >= 11 is 0. The molecule has 0 radical (unpaired) electrons. The molecule has 0 aliphatic carbocycles. The van der Waals surface area contributed by atoms with Crippen LogP contribution in [0.3, 0.4) is 0 Å². The van der Waals surface area contributed by atoms with Gasteiger partial charge in [-0.05, 0) is 13.8 Å². The van der Waals surface area contributed by atoms with E-state index in [0.29, 0.717) is 0 Å². The molecule has 0 spiro atoms. The van der Waals surface area contributed by atoms with Crippen molar-refractivity contribution >= 4 is 5.97 Å². The molecule has 0 fully saturated rings. The summed E-state index contributed by atoms with van der Waals surface area (Å²) in [6.45, 7) is 1.63. The Hall–Kier alpha value is -0.730. The van der Waals surface area contributed by atoms with Crippen molar-refractivity contribution < 1.29 is 30.3 Å². The Bertz CT molecular complexity index is 233. The maximum atomic E-state index is 11.1. The highest BCUT2D eigenvalue weighted by Gasteiger charge is 2.36. The molecule has 0 aromatic rings. The van der Waals surface area contributed by atoms with E-state index in [1.165, 1.54) is 18.7 Å². The number of hydrogen-bond acceptors (Lipinski definition) is 6. The summed E-state index contributed by atoms with van der Waals surface area (Å²) in [5.74, 6) is -1.12. The minimum absolute atomic E-state index is 0.104. The van der Waals surface area contributed by atoms with Crippen LogP contribution >= 0.6 is 0 Å². The molecule has 17 heavy (non-hydrogen) atoms. The molecule has 0 aromatic carbocycles. The fraction of sp³-hybridized carbons (Fsp3) is 0.900. The standard InChI is InChI=1S/C10H21NO6/c1-10(2,9(16)17)11(3-7(14)5-12)4-8(15)6-13/h7-8,12-15H,3-6H2,1-2H3,(H,16,17). The van der Waals surface area contributed by atoms with Crippen molar-refractivity contribution in [1.82, 2.24) is 4.90 Å². The van der Waals surface area contributed by atoms with Crippen LogP contribution in [-0.4, -0.2) is 80.5 Å². The highest BCUT2D eigenvalue weighted by atomic mass is 16.4. The zero-order valence-corrected chi connectivity index (χ0v) is 10.1. The van der Waals surface area contributed by atoms with Gasteiger partial charge in [0.15, 0.2) is 0 Å². The number of nitrogens with zero attached hydrogens (tertiary/aromatic N) is 1. The van der Waals surface area contributed by atoms with Crippen LogP contribution in [0, 0.1) is 0 Å². The van der Waals surface area contributed by atoms with Crippen LogP contribution in [0.1, 0.15) is 13.8 Å². The second-order valence-electron chi connectivity index (χ2n) is 4.44. The Labute approximate surface area is 99.9 Å². The van der Waals surface area contributed by atoms with Gasteiger partial charge in [-0.3, -0.25) is 9.69 Å². The van der Waals surface area contributed by atoms with Gasteiger partial charge in [0.25, 0.3) is 0 Å². The zero-order valence-electron chi connectivity index (χ0n) is 10.1. The van der Waals surface area contributed by atoms with E-state index in [0.717, 1.165) is 0 Å². The van der Waals surface area contributed by atoms with Gasteiger partial charge in [-0.15, -0.1) is 0 Å². The molecule has 5 N–H and O–H groups in total. The van der Waals surface area contributed by atoms with Gasteiger partial charge in [-0.2, -0.15) is 0 Å². The van der Waals surface area contributed by atoms with Crippen molar-refractivity contribution in [3.63, 3.8) is 0 Å². The van der Waals surface area contributed by atoms with Gasteiger partial charge < -0.3 is 25.5 Å². The van der Waals surface area contributed by atoms with Crippen molar-refractivity contribution in [2.45, 2.75) is 31.6 Å². The molecule has 0 aromatic heterocycles. The number of carboxylic acids is 1. The third kappa shape index (κ3) is 4.97. The Morgan fingerprint density at radius 3 is 1.71 bits per heavy atom. The quantitative estimate of drug-likeness (QED) is 0.333. The maximum absolute atomic E-state index is 11.1. The second kappa shape index (κ2) is 6.87. The number of aliphatic hydroxyl groups is 4. The molecule has 0 saturated carbocycles. The highest BCUT2D eigenvalue weighted by molar-refractivity contribution is 5.77. The maximum Gasteiger partial charge on any atom is 0.323 e. The van der Waals surface area contributed by atoms with Gasteiger partial charge in [0, 0.05) is 13.1 Å². The smallest absolute Gasteiger partial charge is 0.323 e. The molecule has 7 nitrogen and oxygen atoms in total. The van der Waals surface area contributed by atoms with Gasteiger partial charge in [-0.25, -0.2) is 0 Å². The van der Waals surface area contributed by atoms with Crippen LogP contribution in [0.5, 0.6) is 0 Å². The lowest BCUT2D eigenvalue weighted by Crippen LogP contribution is -2.55. The zero-order chi connectivity index (χ0) is 13.6. The molecule has 0 amide bonds. The molecule has 0 aliphatic rings. The van der Waals surface area contributed by atoms with Crippen LogP contribution in [0.25, 0.3) is 0 Å². The molecule has 0 rings (SSSR count). The number of β-amino-alcohol motifs (C(OH)–C–C–N with tert-alkyl or cyclic N) is 2. The third-order valence-corrected chi connectivity index (χ3v) is 2.60. The fourth-order valence-electron chi connectivity index (χ4n) is 1.29. The highest BCUT2D eigenvalue weighted by Crippen LogP contribution is 2.16. The van der Waals surface area contributed by atoms with Crippen LogP contribution in [-0.2, 0) is 4.79 Å². The summed E-state index contributed by atoms with van der Waals surface area (Å²) in [5.41, 5.74) is -1.31. The summed E-state index contributed by atoms with van der Waals surface area (Å²) in [7, 11) is 0. The summed E-state index contributed by atoms with van der Waals surface area (Å²) in [5, 5.41) is 45.2. The average Bonchev–Trinajstić information content (AvgIpc) is 2.27. The van der Waals surface area contributed by atoms with Crippen LogP contribution in [0.4, 0.5) is 0 Å². The minimum atomic E-state index is -1.31. The van der Waals surface area contributed by atoms with Gasteiger partial charge in [0.05, 0.1) is 25.4 Å². The van der Waals surface area contributed by atoms with E-state index in [2.05, 4.69) is 0 Å². The summed E-state index contributed by atoms with van der Waals surface area (Å²) in [6.07, 6.45) is -2.20. The molecular formula is C10H21NO6. The second-order valence-corrected chi connectivity index (χ2v) is 4.44. The number of aliphatic carboxylic acids is 1. The number of aliphatic hydroxyl groups excluding tert-OH is 4. The van der Waals surface area contributed by atoms with E-state index < -0.39 is 36.9 Å². The Balaban J connectivity index is 4.77. The number of carbonyl (C=O) groups is 1. The average molecular weight is 251 g/mol. The van der Waals surface area contributed by atoms with Crippen molar-refractivity contribution in [2.24, 2.45) is 0 Å². The largest absolute Gasteiger partial charge is 0.480 e. The van der Waals surface area contributed by atoms with Gasteiger partial charge in [0.1, 0.15) is 5.54 Å². The molecule has 0 heterocycles. The fourth-order valence-corrected chi connectivity index (χ4v) is 1.29. The number of rotatable bonds is 8. The first kappa shape index (κ1) is 16.3. The molecule has 2 unspecified atom stereocenters. The van der Waals surface area contributed by atoms with E-state index in [1.807, 2.05) is 0 Å². The van der Waals surface area contributed by atoms with E-state index in [1.54, 1.807) is 0 Å². The van der Waals surface area contributed by atoms with Crippen molar-refractivity contribution in [3.05, 3.63) is 0 Å².